The lowest BCUT2D eigenvalue weighted by atomic mass is 10.2. The van der Waals surface area contributed by atoms with Crippen LogP contribution in [0.2, 0.25) is 0 Å². The van der Waals surface area contributed by atoms with Crippen molar-refractivity contribution < 1.29 is 13.9 Å². The zero-order valence-electron chi connectivity index (χ0n) is 14.7. The quantitative estimate of drug-likeness (QED) is 0.723. The minimum atomic E-state index is -0.179. The molecule has 8 heteroatoms. The molecule has 1 N–H and O–H groups in total. The molecule has 1 amide bonds. The van der Waals surface area contributed by atoms with Crippen molar-refractivity contribution in [2.24, 2.45) is 0 Å². The van der Waals surface area contributed by atoms with Crippen LogP contribution in [-0.2, 0) is 16.1 Å². The van der Waals surface area contributed by atoms with Crippen molar-refractivity contribution in [3.05, 3.63) is 34.6 Å². The lowest BCUT2D eigenvalue weighted by Crippen LogP contribution is -2.32. The molecule has 0 aliphatic carbocycles. The number of carbonyl (C=O) groups is 1. The Kier molecular flexibility index (Phi) is 4.50. The van der Waals surface area contributed by atoms with E-state index in [1.165, 1.54) is 4.68 Å². The number of furan rings is 1. The van der Waals surface area contributed by atoms with Crippen LogP contribution < -0.4 is 10.9 Å². The second-order valence-corrected chi connectivity index (χ2v) is 6.65. The normalized spacial score (nSPS) is 17.3. The third-order valence-electron chi connectivity index (χ3n) is 4.79. The summed E-state index contributed by atoms with van der Waals surface area (Å²) in [5.41, 5.74) is 1.86. The Morgan fingerprint density at radius 1 is 1.42 bits per heavy atom. The average Bonchev–Trinajstić information content (AvgIpc) is 3.33. The molecule has 4 rings (SSSR count). The molecule has 1 fully saturated rings. The molecule has 3 aromatic rings. The summed E-state index contributed by atoms with van der Waals surface area (Å²) >= 11 is 0. The number of hydrogen-bond acceptors (Lipinski definition) is 5. The van der Waals surface area contributed by atoms with Crippen molar-refractivity contribution >= 4 is 22.5 Å². The molecule has 1 atom stereocenters. The molecule has 3 aromatic heterocycles. The number of amides is 1. The molecule has 4 heterocycles. The summed E-state index contributed by atoms with van der Waals surface area (Å²) in [6.07, 6.45) is 4.70. The van der Waals surface area contributed by atoms with Crippen LogP contribution in [0.15, 0.2) is 27.6 Å². The Labute approximate surface area is 149 Å². The first-order valence-corrected chi connectivity index (χ1v) is 8.98. The van der Waals surface area contributed by atoms with Crippen molar-refractivity contribution in [1.29, 1.82) is 0 Å². The van der Waals surface area contributed by atoms with E-state index in [2.05, 4.69) is 10.4 Å². The van der Waals surface area contributed by atoms with E-state index >= 15 is 0 Å². The maximum atomic E-state index is 12.6. The predicted molar refractivity (Wildman–Crippen MR) is 95.2 cm³/mol. The van der Waals surface area contributed by atoms with Gasteiger partial charge in [0, 0.05) is 38.2 Å². The fraction of sp³-hybridized carbons (Fsp3) is 0.500. The minimum Gasteiger partial charge on any atom is -0.463 e. The zero-order chi connectivity index (χ0) is 18.1. The van der Waals surface area contributed by atoms with Gasteiger partial charge >= 0.3 is 0 Å². The van der Waals surface area contributed by atoms with E-state index in [1.807, 2.05) is 13.0 Å². The lowest BCUT2D eigenvalue weighted by Gasteiger charge is -2.11. The Morgan fingerprint density at radius 2 is 2.31 bits per heavy atom. The van der Waals surface area contributed by atoms with Crippen LogP contribution in [0, 0.1) is 6.92 Å². The molecule has 0 saturated carbocycles. The summed E-state index contributed by atoms with van der Waals surface area (Å²) in [7, 11) is 0. The highest BCUT2D eigenvalue weighted by Gasteiger charge is 2.16. The van der Waals surface area contributed by atoms with Gasteiger partial charge in [-0.1, -0.05) is 0 Å². The van der Waals surface area contributed by atoms with Gasteiger partial charge in [0.05, 0.1) is 17.9 Å². The van der Waals surface area contributed by atoms with Crippen molar-refractivity contribution in [1.82, 2.24) is 19.5 Å². The molecule has 0 spiro atoms. The van der Waals surface area contributed by atoms with Gasteiger partial charge in [-0.3, -0.25) is 14.0 Å². The fourth-order valence-electron chi connectivity index (χ4n) is 3.49. The van der Waals surface area contributed by atoms with Gasteiger partial charge in [0.15, 0.2) is 5.58 Å². The second-order valence-electron chi connectivity index (χ2n) is 6.65. The highest BCUT2D eigenvalue weighted by molar-refractivity contribution is 5.82. The Balaban J connectivity index is 1.40. The number of rotatable bonds is 6. The van der Waals surface area contributed by atoms with Gasteiger partial charge in [-0.15, -0.1) is 0 Å². The summed E-state index contributed by atoms with van der Waals surface area (Å²) < 4.78 is 14.1. The van der Waals surface area contributed by atoms with E-state index in [-0.39, 0.29) is 17.6 Å². The van der Waals surface area contributed by atoms with Crippen LogP contribution in [-0.4, -0.2) is 39.3 Å². The minimum absolute atomic E-state index is 0.0217. The molecule has 138 valence electrons. The molecular formula is C18H22N4O4. The Bertz CT molecular complexity index is 994. The molecule has 0 radical (unpaired) electrons. The van der Waals surface area contributed by atoms with Gasteiger partial charge in [0.1, 0.15) is 11.3 Å². The summed E-state index contributed by atoms with van der Waals surface area (Å²) in [5.74, 6) is 0.686. The Morgan fingerprint density at radius 3 is 3.12 bits per heavy atom. The number of ether oxygens (including phenoxy) is 1. The summed E-state index contributed by atoms with van der Waals surface area (Å²) in [5, 5.41) is 7.27. The van der Waals surface area contributed by atoms with Crippen molar-refractivity contribution in [2.45, 2.75) is 45.3 Å². The van der Waals surface area contributed by atoms with Gasteiger partial charge in [0.2, 0.25) is 5.91 Å². The third-order valence-corrected chi connectivity index (χ3v) is 4.79. The summed E-state index contributed by atoms with van der Waals surface area (Å²) in [6.45, 7) is 3.59. The molecule has 8 nitrogen and oxygen atoms in total. The van der Waals surface area contributed by atoms with Gasteiger partial charge in [-0.25, -0.2) is 4.68 Å². The number of nitrogens with one attached hydrogen (secondary N) is 1. The van der Waals surface area contributed by atoms with E-state index in [0.717, 1.165) is 25.0 Å². The topological polar surface area (TPSA) is 90.8 Å². The smallest absolute Gasteiger partial charge is 0.291 e. The maximum absolute atomic E-state index is 12.6. The van der Waals surface area contributed by atoms with E-state index in [9.17, 15) is 9.59 Å². The standard InChI is InChI=1S/C18H22N4O4/c1-12-20-21(7-2-5-17(23)19-11-13-4-3-8-25-13)18(24)15-10-16-14(22(12)15)6-9-26-16/h6,9-10,13H,2-5,7-8,11H2,1H3,(H,19,23)/t13-/m0/s1. The van der Waals surface area contributed by atoms with E-state index in [4.69, 9.17) is 9.15 Å². The summed E-state index contributed by atoms with van der Waals surface area (Å²) in [4.78, 5) is 24.6. The first kappa shape index (κ1) is 16.8. The van der Waals surface area contributed by atoms with Crippen LogP contribution >= 0.6 is 0 Å². The number of fused-ring (bicyclic) bond motifs is 3. The van der Waals surface area contributed by atoms with Gasteiger partial charge in [-0.2, -0.15) is 5.10 Å². The first-order valence-electron chi connectivity index (χ1n) is 8.98. The second kappa shape index (κ2) is 6.95. The monoisotopic (exact) mass is 358 g/mol. The lowest BCUT2D eigenvalue weighted by molar-refractivity contribution is -0.121. The fourth-order valence-corrected chi connectivity index (χ4v) is 3.49. The van der Waals surface area contributed by atoms with Crippen LogP contribution in [0.4, 0.5) is 0 Å². The Hall–Kier alpha value is -2.61. The van der Waals surface area contributed by atoms with E-state index in [1.54, 1.807) is 16.7 Å². The van der Waals surface area contributed by atoms with Crippen LogP contribution in [0.1, 0.15) is 31.5 Å². The zero-order valence-corrected chi connectivity index (χ0v) is 14.7. The average molecular weight is 358 g/mol. The molecule has 1 aliphatic rings. The molecule has 26 heavy (non-hydrogen) atoms. The van der Waals surface area contributed by atoms with Crippen molar-refractivity contribution in [3.63, 3.8) is 0 Å². The largest absolute Gasteiger partial charge is 0.463 e. The maximum Gasteiger partial charge on any atom is 0.291 e. The number of nitrogens with zero attached hydrogens (tertiary/aromatic N) is 3. The molecule has 0 aromatic carbocycles. The summed E-state index contributed by atoms with van der Waals surface area (Å²) in [6, 6.07) is 3.55. The molecular weight excluding hydrogens is 336 g/mol. The van der Waals surface area contributed by atoms with Gasteiger partial charge < -0.3 is 14.5 Å². The number of carbonyl (C=O) groups excluding carboxylic acids is 1. The van der Waals surface area contributed by atoms with E-state index in [0.29, 0.717) is 42.9 Å². The first-order chi connectivity index (χ1) is 12.6. The SMILES string of the molecule is Cc1nn(CCCC(=O)NC[C@@H]2CCCO2)c(=O)c2cc3occc3n12. The number of aromatic nitrogens is 3. The highest BCUT2D eigenvalue weighted by atomic mass is 16.5. The number of hydrogen-bond donors (Lipinski definition) is 1. The highest BCUT2D eigenvalue weighted by Crippen LogP contribution is 2.20. The van der Waals surface area contributed by atoms with Gasteiger partial charge in [0.25, 0.3) is 5.56 Å². The van der Waals surface area contributed by atoms with Crippen LogP contribution in [0.3, 0.4) is 0 Å². The number of aryl methyl sites for hydroxylation is 2. The molecule has 1 aliphatic heterocycles. The third kappa shape index (κ3) is 3.12. The van der Waals surface area contributed by atoms with Crippen LogP contribution in [0.25, 0.3) is 16.6 Å². The molecule has 0 bridgehead atoms. The molecule has 1 saturated heterocycles. The van der Waals surface area contributed by atoms with E-state index < -0.39 is 0 Å². The molecule has 0 unspecified atom stereocenters. The van der Waals surface area contributed by atoms with Crippen molar-refractivity contribution in [3.8, 4) is 0 Å². The van der Waals surface area contributed by atoms with Crippen LogP contribution in [0.5, 0.6) is 0 Å². The van der Waals surface area contributed by atoms with Crippen molar-refractivity contribution in [2.75, 3.05) is 13.2 Å². The van der Waals surface area contributed by atoms with Gasteiger partial charge in [-0.05, 0) is 26.2 Å². The predicted octanol–water partition coefficient (Wildman–Crippen LogP) is 1.63.